The van der Waals surface area contributed by atoms with Crippen LogP contribution in [-0.4, -0.2) is 29.3 Å². The number of benzene rings is 1. The van der Waals surface area contributed by atoms with Gasteiger partial charge in [-0.25, -0.2) is 16.8 Å². The quantitative estimate of drug-likeness (QED) is 0.787. The molecular formula is C9H12O4S2. The van der Waals surface area contributed by atoms with E-state index in [-0.39, 0.29) is 10.6 Å². The van der Waals surface area contributed by atoms with Crippen LogP contribution in [0.15, 0.2) is 29.2 Å². The second-order valence-electron chi connectivity index (χ2n) is 3.45. The molecule has 0 aliphatic rings. The van der Waals surface area contributed by atoms with E-state index in [2.05, 4.69) is 0 Å². The van der Waals surface area contributed by atoms with E-state index >= 15 is 0 Å². The first kappa shape index (κ1) is 12.2. The fourth-order valence-electron chi connectivity index (χ4n) is 1.27. The third-order valence-electron chi connectivity index (χ3n) is 1.79. The van der Waals surface area contributed by atoms with Crippen LogP contribution in [0.1, 0.15) is 5.56 Å². The van der Waals surface area contributed by atoms with E-state index < -0.39 is 19.7 Å². The first-order valence-corrected chi connectivity index (χ1v) is 8.11. The van der Waals surface area contributed by atoms with Crippen LogP contribution in [0, 0.1) is 0 Å². The Balaban J connectivity index is 3.32. The third-order valence-corrected chi connectivity index (χ3v) is 3.82. The van der Waals surface area contributed by atoms with Crippen LogP contribution in [0.5, 0.6) is 0 Å². The average Bonchev–Trinajstić information content (AvgIpc) is 1.99. The number of hydrogen-bond acceptors (Lipinski definition) is 4. The minimum absolute atomic E-state index is 0.0791. The third kappa shape index (κ3) is 3.64. The van der Waals surface area contributed by atoms with Crippen molar-refractivity contribution in [2.45, 2.75) is 10.6 Å². The van der Waals surface area contributed by atoms with Crippen LogP contribution in [0.2, 0.25) is 0 Å². The van der Waals surface area contributed by atoms with Gasteiger partial charge in [-0.1, -0.05) is 18.2 Å². The summed E-state index contributed by atoms with van der Waals surface area (Å²) in [6, 6.07) is 6.12. The fourth-order valence-corrected chi connectivity index (χ4v) is 3.12. The number of rotatable bonds is 3. The molecule has 0 aliphatic heterocycles. The second kappa shape index (κ2) is 3.94. The first-order valence-electron chi connectivity index (χ1n) is 4.16. The molecule has 84 valence electrons. The molecule has 0 aliphatic carbocycles. The van der Waals surface area contributed by atoms with Gasteiger partial charge in [-0.3, -0.25) is 0 Å². The summed E-state index contributed by atoms with van der Waals surface area (Å²) in [4.78, 5) is 0.0791. The predicted molar refractivity (Wildman–Crippen MR) is 58.1 cm³/mol. The van der Waals surface area contributed by atoms with Crippen LogP contribution in [0.25, 0.3) is 0 Å². The molecule has 0 fully saturated rings. The highest BCUT2D eigenvalue weighted by atomic mass is 32.2. The van der Waals surface area contributed by atoms with Gasteiger partial charge in [0.25, 0.3) is 0 Å². The molecule has 0 heterocycles. The molecule has 6 heteroatoms. The molecule has 1 aromatic rings. The standard InChI is InChI=1S/C9H12O4S2/c1-14(10,11)7-8-5-3-4-6-9(8)15(2,12)13/h3-6H,7H2,1-2H3. The van der Waals surface area contributed by atoms with Gasteiger partial charge in [-0.15, -0.1) is 0 Å². The molecule has 0 N–H and O–H groups in total. The monoisotopic (exact) mass is 248 g/mol. The van der Waals surface area contributed by atoms with Crippen molar-refractivity contribution in [3.63, 3.8) is 0 Å². The summed E-state index contributed by atoms with van der Waals surface area (Å²) in [5, 5.41) is 0. The summed E-state index contributed by atoms with van der Waals surface area (Å²) in [6.45, 7) is 0. The van der Waals surface area contributed by atoms with Gasteiger partial charge in [-0.2, -0.15) is 0 Å². The van der Waals surface area contributed by atoms with Crippen molar-refractivity contribution in [2.75, 3.05) is 12.5 Å². The van der Waals surface area contributed by atoms with E-state index in [9.17, 15) is 16.8 Å². The van der Waals surface area contributed by atoms with Crippen molar-refractivity contribution in [1.29, 1.82) is 0 Å². The molecule has 0 spiro atoms. The zero-order valence-corrected chi connectivity index (χ0v) is 10.1. The van der Waals surface area contributed by atoms with E-state index in [1.807, 2.05) is 0 Å². The Labute approximate surface area is 89.8 Å². The summed E-state index contributed by atoms with van der Waals surface area (Å²) in [6.07, 6.45) is 2.14. The van der Waals surface area contributed by atoms with Gasteiger partial charge < -0.3 is 0 Å². The fraction of sp³-hybridized carbons (Fsp3) is 0.333. The van der Waals surface area contributed by atoms with Crippen molar-refractivity contribution >= 4 is 19.7 Å². The number of hydrogen-bond donors (Lipinski definition) is 0. The maximum atomic E-state index is 11.3. The Bertz CT molecular complexity index is 556. The zero-order valence-electron chi connectivity index (χ0n) is 8.47. The minimum Gasteiger partial charge on any atom is -0.229 e. The van der Waals surface area contributed by atoms with Crippen molar-refractivity contribution in [2.24, 2.45) is 0 Å². The highest BCUT2D eigenvalue weighted by Gasteiger charge is 2.15. The maximum Gasteiger partial charge on any atom is 0.175 e. The second-order valence-corrected chi connectivity index (χ2v) is 7.57. The van der Waals surface area contributed by atoms with Crippen molar-refractivity contribution in [3.8, 4) is 0 Å². The molecule has 0 saturated heterocycles. The van der Waals surface area contributed by atoms with Gasteiger partial charge in [0.2, 0.25) is 0 Å². The SMILES string of the molecule is CS(=O)(=O)Cc1ccccc1S(C)(=O)=O. The molecule has 15 heavy (non-hydrogen) atoms. The summed E-state index contributed by atoms with van der Waals surface area (Å²) in [5.41, 5.74) is 0.322. The van der Waals surface area contributed by atoms with E-state index in [1.165, 1.54) is 12.1 Å². The maximum absolute atomic E-state index is 11.3. The highest BCUT2D eigenvalue weighted by molar-refractivity contribution is 7.91. The van der Waals surface area contributed by atoms with E-state index in [0.717, 1.165) is 12.5 Å². The van der Waals surface area contributed by atoms with Gasteiger partial charge in [-0.05, 0) is 11.6 Å². The van der Waals surface area contributed by atoms with Gasteiger partial charge in [0.1, 0.15) is 0 Å². The predicted octanol–water partition coefficient (Wildman–Crippen LogP) is 0.635. The lowest BCUT2D eigenvalue weighted by molar-refractivity contribution is 0.598. The minimum atomic E-state index is -3.37. The van der Waals surface area contributed by atoms with Crippen molar-refractivity contribution in [1.82, 2.24) is 0 Å². The molecule has 1 rings (SSSR count). The molecule has 0 amide bonds. The van der Waals surface area contributed by atoms with Gasteiger partial charge in [0.15, 0.2) is 19.7 Å². The largest absolute Gasteiger partial charge is 0.229 e. The Morgan fingerprint density at radius 2 is 1.53 bits per heavy atom. The Hall–Kier alpha value is -0.880. The molecule has 0 radical (unpaired) electrons. The molecule has 0 bridgehead atoms. The van der Waals surface area contributed by atoms with Crippen LogP contribution in [0.3, 0.4) is 0 Å². The smallest absolute Gasteiger partial charge is 0.175 e. The first-order chi connectivity index (χ1) is 6.70. The molecule has 0 saturated carbocycles. The molecule has 0 atom stereocenters. The highest BCUT2D eigenvalue weighted by Crippen LogP contribution is 2.17. The molecular weight excluding hydrogens is 236 g/mol. The Morgan fingerprint density at radius 3 is 2.00 bits per heavy atom. The van der Waals surface area contributed by atoms with Crippen molar-refractivity contribution in [3.05, 3.63) is 29.8 Å². The summed E-state index contributed by atoms with van der Waals surface area (Å²) >= 11 is 0. The van der Waals surface area contributed by atoms with Gasteiger partial charge in [0, 0.05) is 12.5 Å². The number of sulfone groups is 2. The Morgan fingerprint density at radius 1 is 1.00 bits per heavy atom. The van der Waals surface area contributed by atoms with Gasteiger partial charge in [0.05, 0.1) is 10.6 Å². The topological polar surface area (TPSA) is 68.3 Å². The Kier molecular flexibility index (Phi) is 3.20. The zero-order chi connectivity index (χ0) is 11.7. The molecule has 4 nitrogen and oxygen atoms in total. The van der Waals surface area contributed by atoms with Crippen molar-refractivity contribution < 1.29 is 16.8 Å². The summed E-state index contributed by atoms with van der Waals surface area (Å²) < 4.78 is 44.9. The lowest BCUT2D eigenvalue weighted by Gasteiger charge is -2.05. The van der Waals surface area contributed by atoms with Crippen LogP contribution in [0.4, 0.5) is 0 Å². The van der Waals surface area contributed by atoms with E-state index in [4.69, 9.17) is 0 Å². The lowest BCUT2D eigenvalue weighted by Crippen LogP contribution is -2.07. The average molecular weight is 248 g/mol. The summed E-state index contributed by atoms with van der Waals surface area (Å²) in [5.74, 6) is -0.254. The summed E-state index contributed by atoms with van der Waals surface area (Å²) in [7, 11) is -6.59. The molecule has 1 aromatic carbocycles. The van der Waals surface area contributed by atoms with Crippen LogP contribution in [-0.2, 0) is 25.4 Å². The normalized spacial score (nSPS) is 12.7. The van der Waals surface area contributed by atoms with Crippen LogP contribution >= 0.6 is 0 Å². The molecule has 0 unspecified atom stereocenters. The lowest BCUT2D eigenvalue weighted by atomic mass is 10.2. The van der Waals surface area contributed by atoms with E-state index in [1.54, 1.807) is 12.1 Å². The van der Waals surface area contributed by atoms with Gasteiger partial charge >= 0.3 is 0 Å². The van der Waals surface area contributed by atoms with E-state index in [0.29, 0.717) is 5.56 Å². The molecule has 0 aromatic heterocycles. The van der Waals surface area contributed by atoms with Crippen LogP contribution < -0.4 is 0 Å².